The average molecular weight is 358 g/mol. The fraction of sp³-hybridized carbons (Fsp3) is 0.462. The number of nitrogens with one attached hydrogen (secondary N) is 2. The summed E-state index contributed by atoms with van der Waals surface area (Å²) < 4.78 is 28.3. The van der Waals surface area contributed by atoms with E-state index < -0.39 is 6.61 Å². The normalized spacial score (nSPS) is 20.2. The molecule has 1 saturated carbocycles. The molecule has 0 aliphatic heterocycles. The Morgan fingerprint density at radius 2 is 1.75 bits per heavy atom. The van der Waals surface area contributed by atoms with Crippen LogP contribution >= 0.6 is 11.6 Å². The predicted molar refractivity (Wildman–Crippen MR) is 82.2 cm³/mol. The minimum atomic E-state index is -2.89. The maximum Gasteiger partial charge on any atom is 0.387 e. The van der Waals surface area contributed by atoms with E-state index >= 15 is 0 Å². The topological polar surface area (TPSA) is 97.7 Å². The van der Waals surface area contributed by atoms with Crippen LogP contribution in [0.3, 0.4) is 0 Å². The van der Waals surface area contributed by atoms with E-state index in [1.165, 1.54) is 18.6 Å². The monoisotopic (exact) mass is 357 g/mol. The van der Waals surface area contributed by atoms with Gasteiger partial charge in [-0.25, -0.2) is 15.0 Å². The quantitative estimate of drug-likeness (QED) is 0.813. The van der Waals surface area contributed by atoms with Crippen molar-refractivity contribution >= 4 is 23.4 Å². The first-order valence-electron chi connectivity index (χ1n) is 7.23. The number of alkyl halides is 2. The van der Waals surface area contributed by atoms with Crippen LogP contribution in [-0.4, -0.2) is 43.8 Å². The molecule has 0 bridgehead atoms. The molecule has 24 heavy (non-hydrogen) atoms. The summed E-state index contributed by atoms with van der Waals surface area (Å²) in [5.41, 5.74) is 0. The van der Waals surface area contributed by atoms with Gasteiger partial charge in [-0.1, -0.05) is 0 Å². The molecule has 11 heteroatoms. The number of halogens is 3. The SMILES string of the molecule is FC(F)Oc1cnc(N[C@H]2CC[C@H](Nc3cnc(Cl)nn3)C2)nc1. The molecule has 2 N–H and O–H groups in total. The molecular weight excluding hydrogens is 344 g/mol. The highest BCUT2D eigenvalue weighted by Crippen LogP contribution is 2.24. The Morgan fingerprint density at radius 3 is 2.38 bits per heavy atom. The molecule has 1 aliphatic rings. The van der Waals surface area contributed by atoms with Crippen molar-refractivity contribution in [1.29, 1.82) is 0 Å². The molecule has 0 amide bonds. The Balaban J connectivity index is 1.49. The van der Waals surface area contributed by atoms with Crippen LogP contribution in [-0.2, 0) is 0 Å². The van der Waals surface area contributed by atoms with E-state index in [1.54, 1.807) is 0 Å². The van der Waals surface area contributed by atoms with Crippen LogP contribution in [0, 0.1) is 0 Å². The van der Waals surface area contributed by atoms with E-state index in [9.17, 15) is 8.78 Å². The largest absolute Gasteiger partial charge is 0.432 e. The first kappa shape index (κ1) is 16.5. The summed E-state index contributed by atoms with van der Waals surface area (Å²) in [5.74, 6) is 0.861. The van der Waals surface area contributed by atoms with E-state index in [0.717, 1.165) is 19.3 Å². The average Bonchev–Trinajstić information content (AvgIpc) is 2.98. The predicted octanol–water partition coefficient (Wildman–Crippen LogP) is 2.36. The van der Waals surface area contributed by atoms with E-state index in [2.05, 4.69) is 40.5 Å². The van der Waals surface area contributed by atoms with Gasteiger partial charge >= 0.3 is 6.61 Å². The minimum Gasteiger partial charge on any atom is -0.432 e. The third-order valence-electron chi connectivity index (χ3n) is 3.50. The lowest BCUT2D eigenvalue weighted by molar-refractivity contribution is -0.0503. The molecule has 2 heterocycles. The van der Waals surface area contributed by atoms with Crippen LogP contribution in [0.2, 0.25) is 5.28 Å². The van der Waals surface area contributed by atoms with E-state index in [1.807, 2.05) is 0 Å². The maximum absolute atomic E-state index is 12.1. The zero-order chi connectivity index (χ0) is 16.9. The molecule has 1 fully saturated rings. The number of anilines is 2. The van der Waals surface area contributed by atoms with Crippen molar-refractivity contribution < 1.29 is 13.5 Å². The Bertz CT molecular complexity index is 658. The molecule has 0 spiro atoms. The van der Waals surface area contributed by atoms with Gasteiger partial charge in [0.25, 0.3) is 0 Å². The highest BCUT2D eigenvalue weighted by molar-refractivity contribution is 6.28. The van der Waals surface area contributed by atoms with Crippen LogP contribution in [0.25, 0.3) is 0 Å². The first-order valence-corrected chi connectivity index (χ1v) is 7.61. The minimum absolute atomic E-state index is 0.0738. The van der Waals surface area contributed by atoms with E-state index in [4.69, 9.17) is 11.6 Å². The van der Waals surface area contributed by atoms with Gasteiger partial charge in [0.05, 0.1) is 18.6 Å². The lowest BCUT2D eigenvalue weighted by Gasteiger charge is -2.14. The van der Waals surface area contributed by atoms with Gasteiger partial charge in [-0.3, -0.25) is 0 Å². The molecule has 1 aliphatic carbocycles. The Morgan fingerprint density at radius 1 is 1.04 bits per heavy atom. The van der Waals surface area contributed by atoms with Gasteiger partial charge in [0.15, 0.2) is 11.6 Å². The summed E-state index contributed by atoms with van der Waals surface area (Å²) in [6, 6.07) is 0.374. The van der Waals surface area contributed by atoms with Crippen molar-refractivity contribution in [2.45, 2.75) is 38.0 Å². The molecule has 0 unspecified atom stereocenters. The summed E-state index contributed by atoms with van der Waals surface area (Å²) in [4.78, 5) is 11.8. The molecule has 0 radical (unpaired) electrons. The standard InChI is InChI=1S/C13H14ClF2N7O/c14-11-17-6-10(22-23-11)20-7-1-2-8(3-7)21-13-18-4-9(5-19-13)24-12(15)16/h4-8,12H,1-3H2,(H,20,22)(H,18,19,21)/t7-,8-/m0/s1. The van der Waals surface area contributed by atoms with Gasteiger partial charge in [0, 0.05) is 12.1 Å². The van der Waals surface area contributed by atoms with Crippen molar-refractivity contribution in [3.05, 3.63) is 23.9 Å². The number of nitrogens with zero attached hydrogens (tertiary/aromatic N) is 5. The molecule has 0 saturated heterocycles. The second-order valence-corrected chi connectivity index (χ2v) is 5.57. The van der Waals surface area contributed by atoms with Crippen LogP contribution in [0.15, 0.2) is 18.6 Å². The number of hydrogen-bond acceptors (Lipinski definition) is 8. The maximum atomic E-state index is 12.1. The van der Waals surface area contributed by atoms with Crippen molar-refractivity contribution in [1.82, 2.24) is 25.1 Å². The van der Waals surface area contributed by atoms with Gasteiger partial charge in [-0.15, -0.1) is 10.2 Å². The Kier molecular flexibility index (Phi) is 5.14. The molecule has 2 aromatic heterocycles. The third-order valence-corrected chi connectivity index (χ3v) is 3.68. The summed E-state index contributed by atoms with van der Waals surface area (Å²) in [6.45, 7) is -2.89. The van der Waals surface area contributed by atoms with Gasteiger partial charge in [-0.05, 0) is 30.9 Å². The van der Waals surface area contributed by atoms with E-state index in [-0.39, 0.29) is 23.1 Å². The number of ether oxygens (including phenoxy) is 1. The van der Waals surface area contributed by atoms with Crippen molar-refractivity contribution in [3.63, 3.8) is 0 Å². The third kappa shape index (κ3) is 4.57. The second kappa shape index (κ2) is 7.47. The summed E-state index contributed by atoms with van der Waals surface area (Å²) in [6.07, 6.45) is 6.60. The number of aromatic nitrogens is 5. The lowest BCUT2D eigenvalue weighted by atomic mass is 10.2. The zero-order valence-corrected chi connectivity index (χ0v) is 13.1. The van der Waals surface area contributed by atoms with Crippen LogP contribution in [0.5, 0.6) is 5.75 Å². The second-order valence-electron chi connectivity index (χ2n) is 5.23. The Hall–Kier alpha value is -2.36. The zero-order valence-electron chi connectivity index (χ0n) is 12.4. The van der Waals surface area contributed by atoms with Gasteiger partial charge in [0.2, 0.25) is 11.2 Å². The highest BCUT2D eigenvalue weighted by atomic mass is 35.5. The summed E-state index contributed by atoms with van der Waals surface area (Å²) >= 11 is 5.59. The van der Waals surface area contributed by atoms with Crippen LogP contribution in [0.1, 0.15) is 19.3 Å². The molecular formula is C13H14ClF2N7O. The first-order chi connectivity index (χ1) is 11.6. The molecule has 3 rings (SSSR count). The molecule has 128 valence electrons. The van der Waals surface area contributed by atoms with Crippen molar-refractivity contribution in [2.75, 3.05) is 10.6 Å². The lowest BCUT2D eigenvalue weighted by Crippen LogP contribution is -2.22. The molecule has 8 nitrogen and oxygen atoms in total. The van der Waals surface area contributed by atoms with Crippen LogP contribution < -0.4 is 15.4 Å². The smallest absolute Gasteiger partial charge is 0.387 e. The Labute approximate surface area is 141 Å². The number of rotatable bonds is 6. The summed E-state index contributed by atoms with van der Waals surface area (Å²) in [7, 11) is 0. The van der Waals surface area contributed by atoms with Crippen LogP contribution in [0.4, 0.5) is 20.5 Å². The number of hydrogen-bond donors (Lipinski definition) is 2. The molecule has 2 aromatic rings. The summed E-state index contributed by atoms with van der Waals surface area (Å²) in [5, 5.41) is 14.1. The van der Waals surface area contributed by atoms with E-state index in [0.29, 0.717) is 11.8 Å². The highest BCUT2D eigenvalue weighted by Gasteiger charge is 2.25. The molecule has 0 aromatic carbocycles. The van der Waals surface area contributed by atoms with Gasteiger partial charge in [-0.2, -0.15) is 8.78 Å². The van der Waals surface area contributed by atoms with Crippen molar-refractivity contribution in [2.24, 2.45) is 0 Å². The van der Waals surface area contributed by atoms with Gasteiger partial charge in [0.1, 0.15) is 0 Å². The fourth-order valence-corrected chi connectivity index (χ4v) is 2.60. The van der Waals surface area contributed by atoms with Gasteiger partial charge < -0.3 is 15.4 Å². The fourth-order valence-electron chi connectivity index (χ4n) is 2.52. The van der Waals surface area contributed by atoms with Crippen molar-refractivity contribution in [3.8, 4) is 5.75 Å². The molecule has 2 atom stereocenters.